The van der Waals surface area contributed by atoms with Crippen molar-refractivity contribution in [2.45, 2.75) is 38.8 Å². The molecule has 25 heavy (non-hydrogen) atoms. The van der Waals surface area contributed by atoms with Crippen LogP contribution < -0.4 is 15.8 Å². The summed E-state index contributed by atoms with van der Waals surface area (Å²) in [7, 11) is 0. The van der Waals surface area contributed by atoms with Crippen LogP contribution in [-0.4, -0.2) is 35.5 Å². The maximum atomic E-state index is 12.2. The Kier molecular flexibility index (Phi) is 5.55. The fraction of sp³-hybridized carbons (Fsp3) is 0.467. The zero-order valence-electron chi connectivity index (χ0n) is 13.8. The molecule has 1 amide bonds. The van der Waals surface area contributed by atoms with Gasteiger partial charge < -0.3 is 20.5 Å². The molecule has 1 heterocycles. The van der Waals surface area contributed by atoms with Crippen LogP contribution in [0.4, 0.5) is 18.3 Å². The molecule has 6 nitrogen and oxygen atoms in total. The van der Waals surface area contributed by atoms with Crippen LogP contribution in [0.3, 0.4) is 0 Å². The van der Waals surface area contributed by atoms with Crippen molar-refractivity contribution in [2.75, 3.05) is 11.9 Å². The van der Waals surface area contributed by atoms with Crippen molar-refractivity contribution < 1.29 is 27.4 Å². The number of nitrogens with two attached hydrogens (primary N) is 1. The minimum atomic E-state index is -4.77. The number of nitrogens with zero attached hydrogens (tertiary/aromatic N) is 1. The summed E-state index contributed by atoms with van der Waals surface area (Å²) in [6, 6.07) is 2.85. The van der Waals surface area contributed by atoms with Crippen LogP contribution in [0.5, 0.6) is 5.75 Å². The number of thiazole rings is 1. The first-order chi connectivity index (χ1) is 11.4. The molecule has 1 aromatic heterocycles. The van der Waals surface area contributed by atoms with Gasteiger partial charge in [-0.2, -0.15) is 0 Å². The molecule has 3 N–H and O–H groups in total. The molecule has 2 aromatic rings. The van der Waals surface area contributed by atoms with E-state index in [1.54, 1.807) is 0 Å². The molecule has 1 aromatic carbocycles. The molecule has 0 spiro atoms. The van der Waals surface area contributed by atoms with E-state index in [-0.39, 0.29) is 17.5 Å². The van der Waals surface area contributed by atoms with Gasteiger partial charge in [-0.3, -0.25) is 4.79 Å². The lowest BCUT2D eigenvalue weighted by Gasteiger charge is -2.21. The topological polar surface area (TPSA) is 86.5 Å². The molecule has 1 unspecified atom stereocenters. The standard InChI is InChI=1S/C15H18F3N3O3S/c1-14(2,3)23-7-9(19)12(22)21-13-20-10-5-4-8(6-11(10)25-13)24-15(16,17)18/h4-6,9H,7,19H2,1-3H3,(H,20,21,22). The highest BCUT2D eigenvalue weighted by Crippen LogP contribution is 2.31. The summed E-state index contributed by atoms with van der Waals surface area (Å²) in [4.78, 5) is 16.2. The third kappa shape index (κ3) is 6.15. The molecule has 138 valence electrons. The fourth-order valence-corrected chi connectivity index (χ4v) is 2.67. The molecule has 1 atom stereocenters. The largest absolute Gasteiger partial charge is 0.573 e. The smallest absolute Gasteiger partial charge is 0.406 e. The van der Waals surface area contributed by atoms with Crippen molar-refractivity contribution in [3.8, 4) is 5.75 Å². The first-order valence-corrected chi connectivity index (χ1v) is 8.11. The van der Waals surface area contributed by atoms with Crippen LogP contribution in [0.15, 0.2) is 18.2 Å². The average molecular weight is 377 g/mol. The Hall–Kier alpha value is -1.91. The predicted octanol–water partition coefficient (Wildman–Crippen LogP) is 3.28. The van der Waals surface area contributed by atoms with E-state index in [0.717, 1.165) is 17.4 Å². The summed E-state index contributed by atoms with van der Waals surface area (Å²) < 4.78 is 46.5. The van der Waals surface area contributed by atoms with Crippen molar-refractivity contribution in [1.29, 1.82) is 0 Å². The zero-order chi connectivity index (χ0) is 18.8. The number of hydrogen-bond acceptors (Lipinski definition) is 6. The Morgan fingerprint density at radius 3 is 2.64 bits per heavy atom. The first kappa shape index (κ1) is 19.4. The van der Waals surface area contributed by atoms with E-state index in [1.165, 1.54) is 12.1 Å². The van der Waals surface area contributed by atoms with Crippen LogP contribution >= 0.6 is 11.3 Å². The monoisotopic (exact) mass is 377 g/mol. The Morgan fingerprint density at radius 2 is 2.04 bits per heavy atom. The molecule has 0 saturated heterocycles. The molecular weight excluding hydrogens is 359 g/mol. The Labute approximate surface area is 146 Å². The van der Waals surface area contributed by atoms with Gasteiger partial charge >= 0.3 is 6.36 Å². The van der Waals surface area contributed by atoms with E-state index in [4.69, 9.17) is 10.5 Å². The highest BCUT2D eigenvalue weighted by Gasteiger charge is 2.31. The quantitative estimate of drug-likeness (QED) is 0.835. The Morgan fingerprint density at radius 1 is 1.36 bits per heavy atom. The number of aromatic nitrogens is 1. The van der Waals surface area contributed by atoms with Crippen LogP contribution in [0.25, 0.3) is 10.2 Å². The van der Waals surface area contributed by atoms with Gasteiger partial charge in [0.2, 0.25) is 5.91 Å². The number of benzene rings is 1. The molecule has 0 fully saturated rings. The van der Waals surface area contributed by atoms with Gasteiger partial charge in [0.1, 0.15) is 11.8 Å². The van der Waals surface area contributed by atoms with E-state index < -0.39 is 23.9 Å². The number of rotatable bonds is 5. The lowest BCUT2D eigenvalue weighted by Crippen LogP contribution is -2.41. The van der Waals surface area contributed by atoms with Crippen molar-refractivity contribution >= 4 is 32.6 Å². The lowest BCUT2D eigenvalue weighted by molar-refractivity contribution is -0.274. The van der Waals surface area contributed by atoms with Gasteiger partial charge in [0.15, 0.2) is 5.13 Å². The number of alkyl halides is 3. The zero-order valence-corrected chi connectivity index (χ0v) is 14.6. The van der Waals surface area contributed by atoms with Crippen LogP contribution in [-0.2, 0) is 9.53 Å². The van der Waals surface area contributed by atoms with Gasteiger partial charge in [-0.15, -0.1) is 13.2 Å². The molecular formula is C15H18F3N3O3S. The number of anilines is 1. The average Bonchev–Trinajstić information content (AvgIpc) is 2.83. The maximum absolute atomic E-state index is 12.2. The van der Waals surface area contributed by atoms with Crippen molar-refractivity contribution in [3.05, 3.63) is 18.2 Å². The van der Waals surface area contributed by atoms with Crippen LogP contribution in [0, 0.1) is 0 Å². The summed E-state index contributed by atoms with van der Waals surface area (Å²) in [5.74, 6) is -0.841. The number of carbonyl (C=O) groups excluding carboxylic acids is 1. The van der Waals surface area contributed by atoms with Gasteiger partial charge in [0.25, 0.3) is 0 Å². The van der Waals surface area contributed by atoms with Gasteiger partial charge in [-0.05, 0) is 32.9 Å². The third-order valence-corrected chi connectivity index (χ3v) is 3.79. The van der Waals surface area contributed by atoms with E-state index in [9.17, 15) is 18.0 Å². The van der Waals surface area contributed by atoms with Crippen molar-refractivity contribution in [2.24, 2.45) is 5.73 Å². The van der Waals surface area contributed by atoms with Crippen LogP contribution in [0.1, 0.15) is 20.8 Å². The van der Waals surface area contributed by atoms with E-state index in [1.807, 2.05) is 20.8 Å². The first-order valence-electron chi connectivity index (χ1n) is 7.30. The highest BCUT2D eigenvalue weighted by atomic mass is 32.1. The van der Waals surface area contributed by atoms with Gasteiger partial charge in [0.05, 0.1) is 22.4 Å². The van der Waals surface area contributed by atoms with Crippen molar-refractivity contribution in [3.63, 3.8) is 0 Å². The number of fused-ring (bicyclic) bond motifs is 1. The van der Waals surface area contributed by atoms with E-state index >= 15 is 0 Å². The fourth-order valence-electron chi connectivity index (χ4n) is 1.77. The molecule has 0 bridgehead atoms. The summed E-state index contributed by atoms with van der Waals surface area (Å²) in [5.41, 5.74) is 5.77. The van der Waals surface area contributed by atoms with Crippen molar-refractivity contribution in [1.82, 2.24) is 4.98 Å². The second kappa shape index (κ2) is 7.14. The van der Waals surface area contributed by atoms with Crippen LogP contribution in [0.2, 0.25) is 0 Å². The van der Waals surface area contributed by atoms with Gasteiger partial charge in [0, 0.05) is 6.07 Å². The van der Waals surface area contributed by atoms with Gasteiger partial charge in [-0.1, -0.05) is 11.3 Å². The molecule has 2 rings (SSSR count). The molecule has 10 heteroatoms. The Bertz CT molecular complexity index is 756. The Balaban J connectivity index is 2.05. The summed E-state index contributed by atoms with van der Waals surface area (Å²) in [6.45, 7) is 5.55. The van der Waals surface area contributed by atoms with E-state index in [2.05, 4.69) is 15.0 Å². The minimum absolute atomic E-state index is 0.0315. The number of amides is 1. The van der Waals surface area contributed by atoms with Gasteiger partial charge in [-0.25, -0.2) is 4.98 Å². The highest BCUT2D eigenvalue weighted by molar-refractivity contribution is 7.22. The molecule has 0 aliphatic carbocycles. The molecule has 0 saturated carbocycles. The summed E-state index contributed by atoms with van der Waals surface area (Å²) in [5, 5.41) is 2.77. The number of ether oxygens (including phenoxy) is 2. The number of hydrogen-bond donors (Lipinski definition) is 2. The molecule has 0 aliphatic rings. The number of nitrogens with one attached hydrogen (secondary N) is 1. The predicted molar refractivity (Wildman–Crippen MR) is 88.6 cm³/mol. The maximum Gasteiger partial charge on any atom is 0.573 e. The number of carbonyl (C=O) groups is 1. The summed E-state index contributed by atoms with van der Waals surface area (Å²) in [6.07, 6.45) is -4.77. The number of halogens is 3. The third-order valence-electron chi connectivity index (χ3n) is 2.86. The molecule has 0 aliphatic heterocycles. The second-order valence-corrected chi connectivity index (χ2v) is 7.25. The normalized spacial score (nSPS) is 13.7. The summed E-state index contributed by atoms with van der Waals surface area (Å²) >= 11 is 1.02. The molecule has 0 radical (unpaired) electrons. The minimum Gasteiger partial charge on any atom is -0.406 e. The van der Waals surface area contributed by atoms with E-state index in [0.29, 0.717) is 10.2 Å². The lowest BCUT2D eigenvalue weighted by atomic mass is 10.2. The second-order valence-electron chi connectivity index (χ2n) is 6.22. The SMILES string of the molecule is CC(C)(C)OCC(N)C(=O)Nc1nc2ccc(OC(F)(F)F)cc2s1.